The third kappa shape index (κ3) is 2.75. The molecule has 1 aromatic heterocycles. The maximum absolute atomic E-state index is 6.09. The highest BCUT2D eigenvalue weighted by molar-refractivity contribution is 9.10. The monoisotopic (exact) mass is 362 g/mol. The lowest BCUT2D eigenvalue weighted by molar-refractivity contribution is 1.12. The maximum Gasteiger partial charge on any atom is 0.0744 e. The number of fused-ring (bicyclic) bond motifs is 1. The Labute approximate surface area is 135 Å². The van der Waals surface area contributed by atoms with Crippen molar-refractivity contribution in [1.82, 2.24) is 10.2 Å². The largest absolute Gasteiger partial charge is 0.399 e. The van der Waals surface area contributed by atoms with Crippen LogP contribution in [-0.4, -0.2) is 10.2 Å². The number of hydrogen-bond acceptors (Lipinski definition) is 3. The summed E-state index contributed by atoms with van der Waals surface area (Å²) in [5.41, 5.74) is 9.92. The number of aromatic amines is 1. The smallest absolute Gasteiger partial charge is 0.0744 e. The number of nitrogens with zero attached hydrogens (tertiary/aromatic N) is 1. The second-order valence-corrected chi connectivity index (χ2v) is 5.90. The van der Waals surface area contributed by atoms with Crippen LogP contribution in [0.3, 0.4) is 0 Å². The van der Waals surface area contributed by atoms with E-state index >= 15 is 0 Å². The van der Waals surface area contributed by atoms with Gasteiger partial charge in [-0.15, -0.1) is 0 Å². The number of nitrogens with two attached hydrogens (primary N) is 1. The molecular formula is C15H12BrClN4. The highest BCUT2D eigenvalue weighted by Gasteiger charge is 2.09. The van der Waals surface area contributed by atoms with Gasteiger partial charge in [0, 0.05) is 32.5 Å². The summed E-state index contributed by atoms with van der Waals surface area (Å²) in [4.78, 5) is 0. The molecule has 3 rings (SSSR count). The number of rotatable bonds is 3. The minimum absolute atomic E-state index is 0.632. The molecule has 0 saturated heterocycles. The van der Waals surface area contributed by atoms with Crippen molar-refractivity contribution in [3.8, 4) is 0 Å². The van der Waals surface area contributed by atoms with Gasteiger partial charge in [-0.05, 0) is 46.3 Å². The molecule has 0 radical (unpaired) electrons. The Morgan fingerprint density at radius 2 is 2.14 bits per heavy atom. The van der Waals surface area contributed by atoms with Gasteiger partial charge in [0.1, 0.15) is 0 Å². The lowest BCUT2D eigenvalue weighted by atomic mass is 10.1. The second-order valence-electron chi connectivity index (χ2n) is 4.64. The quantitative estimate of drug-likeness (QED) is 0.594. The lowest BCUT2D eigenvalue weighted by Gasteiger charge is -2.12. The van der Waals surface area contributed by atoms with Crippen LogP contribution in [0.1, 0.15) is 5.56 Å². The third-order valence-electron chi connectivity index (χ3n) is 3.11. The van der Waals surface area contributed by atoms with Crippen molar-refractivity contribution < 1.29 is 0 Å². The van der Waals surface area contributed by atoms with Crippen molar-refractivity contribution in [2.75, 3.05) is 11.1 Å². The standard InChI is InChI=1S/C15H12BrClN4/c1-8(20-11-2-3-13(16)14(17)6-11)12-5-10(18)4-9-7-19-21-15(9)12/h2-7,20H,1,18H2,(H,19,21). The first-order chi connectivity index (χ1) is 10.0. The van der Waals surface area contributed by atoms with E-state index in [1.165, 1.54) is 0 Å². The first-order valence-corrected chi connectivity index (χ1v) is 7.35. The Hall–Kier alpha value is -1.98. The number of benzene rings is 2. The molecule has 0 spiro atoms. The van der Waals surface area contributed by atoms with Crippen LogP contribution in [0.5, 0.6) is 0 Å². The van der Waals surface area contributed by atoms with E-state index in [4.69, 9.17) is 17.3 Å². The van der Waals surface area contributed by atoms with Gasteiger partial charge in [-0.25, -0.2) is 0 Å². The predicted octanol–water partition coefficient (Wildman–Crippen LogP) is 4.64. The first-order valence-electron chi connectivity index (χ1n) is 6.18. The minimum atomic E-state index is 0.632. The minimum Gasteiger partial charge on any atom is -0.399 e. The molecule has 0 aliphatic heterocycles. The molecule has 3 aromatic rings. The predicted molar refractivity (Wildman–Crippen MR) is 92.3 cm³/mol. The van der Waals surface area contributed by atoms with E-state index in [9.17, 15) is 0 Å². The van der Waals surface area contributed by atoms with Crippen molar-refractivity contribution >= 4 is 55.5 Å². The molecule has 0 amide bonds. The van der Waals surface area contributed by atoms with E-state index in [-0.39, 0.29) is 0 Å². The maximum atomic E-state index is 6.09. The van der Waals surface area contributed by atoms with Crippen LogP contribution in [0.25, 0.3) is 16.6 Å². The van der Waals surface area contributed by atoms with Crippen LogP contribution in [0, 0.1) is 0 Å². The summed E-state index contributed by atoms with van der Waals surface area (Å²) < 4.78 is 0.847. The van der Waals surface area contributed by atoms with Crippen molar-refractivity contribution in [3.63, 3.8) is 0 Å². The fourth-order valence-electron chi connectivity index (χ4n) is 2.13. The number of nitrogen functional groups attached to an aromatic ring is 1. The molecular weight excluding hydrogens is 352 g/mol. The van der Waals surface area contributed by atoms with E-state index in [1.54, 1.807) is 6.20 Å². The van der Waals surface area contributed by atoms with Crippen molar-refractivity contribution in [2.24, 2.45) is 0 Å². The summed E-state index contributed by atoms with van der Waals surface area (Å²) >= 11 is 9.46. The number of nitrogens with one attached hydrogen (secondary N) is 2. The molecule has 2 aromatic carbocycles. The molecule has 0 bridgehead atoms. The Balaban J connectivity index is 1.97. The molecule has 6 heteroatoms. The van der Waals surface area contributed by atoms with Gasteiger partial charge in [0.25, 0.3) is 0 Å². The fourth-order valence-corrected chi connectivity index (χ4v) is 2.56. The summed E-state index contributed by atoms with van der Waals surface area (Å²) in [5, 5.41) is 11.8. The zero-order valence-corrected chi connectivity index (χ0v) is 13.3. The second kappa shape index (κ2) is 5.42. The molecule has 0 aliphatic rings. The zero-order valence-electron chi connectivity index (χ0n) is 11.0. The van der Waals surface area contributed by atoms with Crippen LogP contribution < -0.4 is 11.1 Å². The Kier molecular flexibility index (Phi) is 3.61. The van der Waals surface area contributed by atoms with Crippen molar-refractivity contribution in [3.05, 3.63) is 58.2 Å². The molecule has 4 nitrogen and oxygen atoms in total. The first kappa shape index (κ1) is 14.0. The summed E-state index contributed by atoms with van der Waals surface area (Å²) in [6.45, 7) is 4.07. The normalized spacial score (nSPS) is 10.8. The topological polar surface area (TPSA) is 66.7 Å². The van der Waals surface area contributed by atoms with Gasteiger partial charge < -0.3 is 11.1 Å². The van der Waals surface area contributed by atoms with Gasteiger partial charge in [-0.2, -0.15) is 5.10 Å². The average molecular weight is 364 g/mol. The molecule has 4 N–H and O–H groups in total. The summed E-state index contributed by atoms with van der Waals surface area (Å²) in [6.07, 6.45) is 1.74. The van der Waals surface area contributed by atoms with Gasteiger partial charge in [0.15, 0.2) is 0 Å². The number of H-pyrrole nitrogens is 1. The molecule has 0 unspecified atom stereocenters. The zero-order chi connectivity index (χ0) is 15.0. The van der Waals surface area contributed by atoms with Crippen LogP contribution in [-0.2, 0) is 0 Å². The van der Waals surface area contributed by atoms with E-state index in [0.717, 1.165) is 32.3 Å². The number of aromatic nitrogens is 2. The van der Waals surface area contributed by atoms with Gasteiger partial charge in [0.05, 0.1) is 16.7 Å². The lowest BCUT2D eigenvalue weighted by Crippen LogP contribution is -1.99. The van der Waals surface area contributed by atoms with Gasteiger partial charge in [-0.3, -0.25) is 5.10 Å². The SMILES string of the molecule is C=C(Nc1ccc(Br)c(Cl)c1)c1cc(N)cc2cn[nH]c12. The molecule has 0 aliphatic carbocycles. The van der Waals surface area contributed by atoms with Crippen LogP contribution in [0.15, 0.2) is 47.6 Å². The molecule has 0 atom stereocenters. The molecule has 21 heavy (non-hydrogen) atoms. The number of anilines is 2. The van der Waals surface area contributed by atoms with E-state index in [1.807, 2.05) is 30.3 Å². The fraction of sp³-hybridized carbons (Fsp3) is 0. The average Bonchev–Trinajstić information content (AvgIpc) is 2.90. The Bertz CT molecular complexity index is 841. The van der Waals surface area contributed by atoms with E-state index in [0.29, 0.717) is 10.7 Å². The molecule has 1 heterocycles. The van der Waals surface area contributed by atoms with Crippen LogP contribution in [0.4, 0.5) is 11.4 Å². The van der Waals surface area contributed by atoms with Crippen molar-refractivity contribution in [1.29, 1.82) is 0 Å². The number of halogens is 2. The van der Waals surface area contributed by atoms with E-state index < -0.39 is 0 Å². The summed E-state index contributed by atoms with van der Waals surface area (Å²) in [6, 6.07) is 9.34. The van der Waals surface area contributed by atoms with E-state index in [2.05, 4.69) is 38.0 Å². The summed E-state index contributed by atoms with van der Waals surface area (Å²) in [7, 11) is 0. The van der Waals surface area contributed by atoms with Crippen molar-refractivity contribution in [2.45, 2.75) is 0 Å². The molecule has 0 fully saturated rings. The molecule has 106 valence electrons. The summed E-state index contributed by atoms with van der Waals surface area (Å²) in [5.74, 6) is 0. The van der Waals surface area contributed by atoms with Crippen LogP contribution in [0.2, 0.25) is 5.02 Å². The van der Waals surface area contributed by atoms with Gasteiger partial charge in [0.2, 0.25) is 0 Å². The highest BCUT2D eigenvalue weighted by atomic mass is 79.9. The Morgan fingerprint density at radius 3 is 2.90 bits per heavy atom. The van der Waals surface area contributed by atoms with Gasteiger partial charge in [-0.1, -0.05) is 18.2 Å². The highest BCUT2D eigenvalue weighted by Crippen LogP contribution is 2.29. The third-order valence-corrected chi connectivity index (χ3v) is 4.34. The Morgan fingerprint density at radius 1 is 1.33 bits per heavy atom. The van der Waals surface area contributed by atoms with Gasteiger partial charge >= 0.3 is 0 Å². The number of hydrogen-bond donors (Lipinski definition) is 3. The van der Waals surface area contributed by atoms with Crippen LogP contribution >= 0.6 is 27.5 Å². The molecule has 0 saturated carbocycles.